The fourth-order valence-electron chi connectivity index (χ4n) is 0.732. The highest BCUT2D eigenvalue weighted by atomic mass is 16.5. The molecule has 10 heavy (non-hydrogen) atoms. The van der Waals surface area contributed by atoms with Crippen LogP contribution in [0.15, 0.2) is 9.68 Å². The maximum atomic E-state index is 8.19. The number of hydrogen-bond donors (Lipinski definition) is 1. The minimum absolute atomic E-state index is 0.662. The lowest BCUT2D eigenvalue weighted by atomic mass is 10.2. The van der Waals surface area contributed by atoms with E-state index in [1.165, 1.54) is 6.21 Å². The Hall–Kier alpha value is -1.32. The van der Waals surface area contributed by atoms with Gasteiger partial charge in [-0.05, 0) is 13.8 Å². The minimum atomic E-state index is 0.662. The fraction of sp³-hybridized carbons (Fsp3) is 0.333. The van der Waals surface area contributed by atoms with Gasteiger partial charge in [-0.3, -0.25) is 0 Å². The first-order chi connectivity index (χ1) is 4.75. The van der Waals surface area contributed by atoms with Gasteiger partial charge in [0.15, 0.2) is 0 Å². The van der Waals surface area contributed by atoms with Gasteiger partial charge in [0, 0.05) is 0 Å². The molecular weight excluding hydrogens is 132 g/mol. The van der Waals surface area contributed by atoms with Crippen LogP contribution in [0.2, 0.25) is 0 Å². The Balaban J connectivity index is 3.10. The smallest absolute Gasteiger partial charge is 0.142 e. The van der Waals surface area contributed by atoms with Crippen LogP contribution in [-0.2, 0) is 0 Å². The third-order valence-corrected chi connectivity index (χ3v) is 1.28. The average molecular weight is 140 g/mol. The first-order valence-corrected chi connectivity index (χ1v) is 2.86. The fourth-order valence-corrected chi connectivity index (χ4v) is 0.732. The lowest BCUT2D eigenvalue weighted by Gasteiger charge is -1.83. The highest BCUT2D eigenvalue weighted by molar-refractivity contribution is 5.81. The van der Waals surface area contributed by atoms with Crippen LogP contribution in [0.25, 0.3) is 0 Å². The van der Waals surface area contributed by atoms with Crippen LogP contribution >= 0.6 is 0 Å². The standard InChI is InChI=1S/C6H8N2O2/c1-4-6(3-7-9)5(2)10-8-4/h3,9H,1-2H3/b7-3-. The Morgan fingerprint density at radius 2 is 2.30 bits per heavy atom. The van der Waals surface area contributed by atoms with E-state index in [4.69, 9.17) is 9.73 Å². The number of hydrogen-bond acceptors (Lipinski definition) is 4. The molecule has 0 amide bonds. The lowest BCUT2D eigenvalue weighted by Crippen LogP contribution is -1.83. The second-order valence-electron chi connectivity index (χ2n) is 1.98. The zero-order valence-electron chi connectivity index (χ0n) is 5.83. The number of aromatic nitrogens is 1. The van der Waals surface area contributed by atoms with E-state index in [9.17, 15) is 0 Å². The van der Waals surface area contributed by atoms with Crippen molar-refractivity contribution in [2.75, 3.05) is 0 Å². The van der Waals surface area contributed by atoms with Crippen molar-refractivity contribution in [2.24, 2.45) is 5.16 Å². The van der Waals surface area contributed by atoms with Crippen LogP contribution in [0.5, 0.6) is 0 Å². The van der Waals surface area contributed by atoms with Crippen molar-refractivity contribution >= 4 is 6.21 Å². The van der Waals surface area contributed by atoms with E-state index in [1.807, 2.05) is 0 Å². The Bertz CT molecular complexity index is 233. The molecule has 0 aliphatic rings. The van der Waals surface area contributed by atoms with Crippen molar-refractivity contribution in [3.8, 4) is 0 Å². The Morgan fingerprint density at radius 3 is 2.70 bits per heavy atom. The highest BCUT2D eigenvalue weighted by Gasteiger charge is 2.04. The quantitative estimate of drug-likeness (QED) is 0.361. The van der Waals surface area contributed by atoms with Gasteiger partial charge in [-0.2, -0.15) is 0 Å². The van der Waals surface area contributed by atoms with Crippen LogP contribution in [-0.4, -0.2) is 16.6 Å². The molecule has 4 nitrogen and oxygen atoms in total. The summed E-state index contributed by atoms with van der Waals surface area (Å²) >= 11 is 0. The van der Waals surface area contributed by atoms with Gasteiger partial charge in [0.05, 0.1) is 17.5 Å². The average Bonchev–Trinajstić information content (AvgIpc) is 2.20. The number of oxime groups is 1. The van der Waals surface area contributed by atoms with Gasteiger partial charge in [-0.25, -0.2) is 0 Å². The molecule has 0 bridgehead atoms. The van der Waals surface area contributed by atoms with Gasteiger partial charge in [0.1, 0.15) is 5.76 Å². The molecule has 1 rings (SSSR count). The minimum Gasteiger partial charge on any atom is -0.411 e. The maximum Gasteiger partial charge on any atom is 0.142 e. The van der Waals surface area contributed by atoms with E-state index in [0.29, 0.717) is 5.76 Å². The Kier molecular flexibility index (Phi) is 1.71. The van der Waals surface area contributed by atoms with Crippen molar-refractivity contribution in [1.82, 2.24) is 5.16 Å². The molecule has 0 unspecified atom stereocenters. The van der Waals surface area contributed by atoms with Gasteiger partial charge in [-0.1, -0.05) is 10.3 Å². The topological polar surface area (TPSA) is 58.6 Å². The third-order valence-electron chi connectivity index (χ3n) is 1.28. The van der Waals surface area contributed by atoms with Crippen molar-refractivity contribution in [3.05, 3.63) is 17.0 Å². The normalized spacial score (nSPS) is 11.0. The first-order valence-electron chi connectivity index (χ1n) is 2.86. The number of aryl methyl sites for hydroxylation is 2. The third kappa shape index (κ3) is 1.00. The highest BCUT2D eigenvalue weighted by Crippen LogP contribution is 2.08. The number of nitrogens with zero attached hydrogens (tertiary/aromatic N) is 2. The summed E-state index contributed by atoms with van der Waals surface area (Å²) in [5.74, 6) is 0.662. The molecule has 0 spiro atoms. The zero-order valence-corrected chi connectivity index (χ0v) is 5.83. The molecule has 0 fully saturated rings. The molecule has 0 radical (unpaired) electrons. The van der Waals surface area contributed by atoms with Crippen molar-refractivity contribution in [1.29, 1.82) is 0 Å². The maximum absolute atomic E-state index is 8.19. The predicted molar refractivity (Wildman–Crippen MR) is 35.4 cm³/mol. The summed E-state index contributed by atoms with van der Waals surface area (Å²) in [5.41, 5.74) is 1.47. The van der Waals surface area contributed by atoms with Crippen molar-refractivity contribution in [2.45, 2.75) is 13.8 Å². The zero-order chi connectivity index (χ0) is 7.56. The van der Waals surface area contributed by atoms with Crippen LogP contribution in [0, 0.1) is 13.8 Å². The van der Waals surface area contributed by atoms with E-state index >= 15 is 0 Å². The summed E-state index contributed by atoms with van der Waals surface area (Å²) in [5, 5.41) is 14.7. The second kappa shape index (κ2) is 2.51. The molecule has 0 aromatic carbocycles. The largest absolute Gasteiger partial charge is 0.411 e. The molecule has 0 aliphatic heterocycles. The molecule has 0 atom stereocenters. The van der Waals surface area contributed by atoms with Gasteiger partial charge in [0.25, 0.3) is 0 Å². The molecule has 1 N–H and O–H groups in total. The van der Waals surface area contributed by atoms with Crippen LogP contribution in [0.3, 0.4) is 0 Å². The molecule has 4 heteroatoms. The summed E-state index contributed by atoms with van der Waals surface area (Å²) in [6.45, 7) is 3.55. The van der Waals surface area contributed by atoms with Crippen molar-refractivity contribution in [3.63, 3.8) is 0 Å². The molecule has 0 saturated carbocycles. The lowest BCUT2D eigenvalue weighted by molar-refractivity contribution is 0.321. The van der Waals surface area contributed by atoms with Crippen LogP contribution in [0.1, 0.15) is 17.0 Å². The SMILES string of the molecule is Cc1noc(C)c1/C=N\O. The predicted octanol–water partition coefficient (Wildman–Crippen LogP) is 1.10. The van der Waals surface area contributed by atoms with Gasteiger partial charge < -0.3 is 9.73 Å². The summed E-state index contributed by atoms with van der Waals surface area (Å²) in [4.78, 5) is 0. The Labute approximate surface area is 58.1 Å². The molecule has 0 aliphatic carbocycles. The Morgan fingerprint density at radius 1 is 1.60 bits per heavy atom. The van der Waals surface area contributed by atoms with Crippen molar-refractivity contribution < 1.29 is 9.73 Å². The summed E-state index contributed by atoms with van der Waals surface area (Å²) in [7, 11) is 0. The van der Waals surface area contributed by atoms with E-state index in [1.54, 1.807) is 13.8 Å². The van der Waals surface area contributed by atoms with Gasteiger partial charge in [0.2, 0.25) is 0 Å². The molecular formula is C6H8N2O2. The molecule has 0 saturated heterocycles. The number of rotatable bonds is 1. The van der Waals surface area contributed by atoms with E-state index < -0.39 is 0 Å². The van der Waals surface area contributed by atoms with Gasteiger partial charge >= 0.3 is 0 Å². The molecule has 54 valence electrons. The van der Waals surface area contributed by atoms with E-state index in [-0.39, 0.29) is 0 Å². The van der Waals surface area contributed by atoms with Gasteiger partial charge in [-0.15, -0.1) is 0 Å². The molecule has 1 heterocycles. The van der Waals surface area contributed by atoms with Crippen LogP contribution in [0.4, 0.5) is 0 Å². The molecule has 1 aromatic heterocycles. The summed E-state index contributed by atoms with van der Waals surface area (Å²) in [6, 6.07) is 0. The first kappa shape index (κ1) is 6.80. The summed E-state index contributed by atoms with van der Waals surface area (Å²) < 4.78 is 4.80. The second-order valence-corrected chi connectivity index (χ2v) is 1.98. The monoisotopic (exact) mass is 140 g/mol. The van der Waals surface area contributed by atoms with E-state index in [0.717, 1.165) is 11.3 Å². The van der Waals surface area contributed by atoms with E-state index in [2.05, 4.69) is 10.3 Å². The van der Waals surface area contributed by atoms with Crippen LogP contribution < -0.4 is 0 Å². The molecule has 1 aromatic rings. The summed E-state index contributed by atoms with van der Waals surface area (Å²) in [6.07, 6.45) is 1.31.